The number of pyridine rings is 1. The predicted molar refractivity (Wildman–Crippen MR) is 90.2 cm³/mol. The third-order valence-corrected chi connectivity index (χ3v) is 4.72. The van der Waals surface area contributed by atoms with Crippen molar-refractivity contribution in [3.05, 3.63) is 60.8 Å². The molecule has 0 saturated carbocycles. The van der Waals surface area contributed by atoms with E-state index >= 15 is 0 Å². The second-order valence-corrected chi connectivity index (χ2v) is 6.54. The minimum atomic E-state index is -3.72. The largest absolute Gasteiger partial charge is 0.494 e. The van der Waals surface area contributed by atoms with Gasteiger partial charge in [-0.15, -0.1) is 0 Å². The number of sulfonamides is 1. The zero-order valence-electron chi connectivity index (χ0n) is 12.6. The van der Waals surface area contributed by atoms with Gasteiger partial charge in [-0.1, -0.05) is 18.2 Å². The molecule has 0 fully saturated rings. The monoisotopic (exact) mass is 328 g/mol. The molecule has 1 heterocycles. The van der Waals surface area contributed by atoms with E-state index in [1.807, 2.05) is 19.1 Å². The van der Waals surface area contributed by atoms with Gasteiger partial charge in [-0.3, -0.25) is 9.71 Å². The topological polar surface area (TPSA) is 68.3 Å². The smallest absolute Gasteiger partial charge is 0.264 e. The number of benzene rings is 2. The number of ether oxygens (including phenoxy) is 1. The van der Waals surface area contributed by atoms with Gasteiger partial charge in [0.15, 0.2) is 0 Å². The lowest BCUT2D eigenvalue weighted by atomic mass is 10.2. The molecule has 0 spiro atoms. The van der Waals surface area contributed by atoms with E-state index in [4.69, 9.17) is 4.74 Å². The van der Waals surface area contributed by atoms with E-state index in [-0.39, 0.29) is 4.90 Å². The van der Waals surface area contributed by atoms with Gasteiger partial charge in [-0.2, -0.15) is 0 Å². The molecule has 0 atom stereocenters. The van der Waals surface area contributed by atoms with Gasteiger partial charge in [0.2, 0.25) is 0 Å². The Hall–Kier alpha value is -2.60. The average Bonchev–Trinajstić information content (AvgIpc) is 2.56. The summed E-state index contributed by atoms with van der Waals surface area (Å²) in [6.07, 6.45) is 1.58. The summed E-state index contributed by atoms with van der Waals surface area (Å²) in [7, 11) is -3.72. The Morgan fingerprint density at radius 1 is 1.04 bits per heavy atom. The summed E-state index contributed by atoms with van der Waals surface area (Å²) in [6.45, 7) is 2.46. The summed E-state index contributed by atoms with van der Waals surface area (Å²) in [5, 5.41) is 0.780. The van der Waals surface area contributed by atoms with Crippen molar-refractivity contribution < 1.29 is 13.2 Å². The van der Waals surface area contributed by atoms with Crippen LogP contribution >= 0.6 is 0 Å². The van der Waals surface area contributed by atoms with Crippen LogP contribution in [0.2, 0.25) is 0 Å². The molecule has 0 bridgehead atoms. The lowest BCUT2D eigenvalue weighted by molar-refractivity contribution is 0.340. The summed E-state index contributed by atoms with van der Waals surface area (Å²) in [4.78, 5) is 4.35. The molecule has 5 nitrogen and oxygen atoms in total. The summed E-state index contributed by atoms with van der Waals surface area (Å²) < 4.78 is 33.2. The van der Waals surface area contributed by atoms with Crippen LogP contribution in [0.25, 0.3) is 10.9 Å². The standard InChI is InChI=1S/C17H16N2O3S/c1-2-22-15-10-8-14(9-11-15)19-23(20,21)16-7-3-5-13-6-4-12-18-17(13)16/h3-12,19H,2H2,1H3. The molecule has 2 aromatic carbocycles. The van der Waals surface area contributed by atoms with Crippen LogP contribution in [0.4, 0.5) is 5.69 Å². The van der Waals surface area contributed by atoms with Gasteiger partial charge >= 0.3 is 0 Å². The lowest BCUT2D eigenvalue weighted by Crippen LogP contribution is -2.13. The van der Waals surface area contributed by atoms with Crippen molar-refractivity contribution >= 4 is 26.6 Å². The molecule has 1 aromatic heterocycles. The summed E-state index contributed by atoms with van der Waals surface area (Å²) in [6, 6.07) is 15.5. The fourth-order valence-corrected chi connectivity index (χ4v) is 3.53. The van der Waals surface area contributed by atoms with E-state index in [0.717, 1.165) is 5.39 Å². The van der Waals surface area contributed by atoms with E-state index in [1.165, 1.54) is 0 Å². The van der Waals surface area contributed by atoms with Crippen molar-refractivity contribution in [2.75, 3.05) is 11.3 Å². The number of nitrogens with one attached hydrogen (secondary N) is 1. The van der Waals surface area contributed by atoms with Gasteiger partial charge in [-0.25, -0.2) is 8.42 Å². The maximum atomic E-state index is 12.6. The Kier molecular flexibility index (Phi) is 4.16. The first-order valence-corrected chi connectivity index (χ1v) is 8.68. The fraction of sp³-hybridized carbons (Fsp3) is 0.118. The van der Waals surface area contributed by atoms with Gasteiger partial charge in [0.1, 0.15) is 10.6 Å². The van der Waals surface area contributed by atoms with Crippen LogP contribution in [0, 0.1) is 0 Å². The molecule has 0 aliphatic rings. The maximum absolute atomic E-state index is 12.6. The highest BCUT2D eigenvalue weighted by Crippen LogP contribution is 2.24. The Morgan fingerprint density at radius 2 is 1.78 bits per heavy atom. The van der Waals surface area contributed by atoms with Gasteiger partial charge in [0, 0.05) is 17.3 Å². The number of hydrogen-bond donors (Lipinski definition) is 1. The molecular weight excluding hydrogens is 312 g/mol. The Labute approximate surface area is 135 Å². The molecular formula is C17H16N2O3S. The zero-order valence-corrected chi connectivity index (χ0v) is 13.4. The van der Waals surface area contributed by atoms with Crippen LogP contribution in [0.15, 0.2) is 65.7 Å². The van der Waals surface area contributed by atoms with Crippen molar-refractivity contribution in [1.29, 1.82) is 0 Å². The third-order valence-electron chi connectivity index (χ3n) is 3.30. The van der Waals surface area contributed by atoms with Crippen LogP contribution < -0.4 is 9.46 Å². The number of aromatic nitrogens is 1. The molecule has 0 saturated heterocycles. The van der Waals surface area contributed by atoms with Crippen LogP contribution in [-0.2, 0) is 10.0 Å². The molecule has 0 aliphatic heterocycles. The molecule has 0 radical (unpaired) electrons. The highest BCUT2D eigenvalue weighted by atomic mass is 32.2. The van der Waals surface area contributed by atoms with E-state index in [1.54, 1.807) is 48.7 Å². The molecule has 1 N–H and O–H groups in total. The first kappa shape index (κ1) is 15.3. The van der Waals surface area contributed by atoms with Gasteiger partial charge in [-0.05, 0) is 43.3 Å². The molecule has 0 unspecified atom stereocenters. The SMILES string of the molecule is CCOc1ccc(NS(=O)(=O)c2cccc3cccnc23)cc1. The highest BCUT2D eigenvalue weighted by molar-refractivity contribution is 7.93. The maximum Gasteiger partial charge on any atom is 0.264 e. The number of anilines is 1. The van der Waals surface area contributed by atoms with Crippen molar-refractivity contribution in [2.45, 2.75) is 11.8 Å². The van der Waals surface area contributed by atoms with E-state index in [9.17, 15) is 8.42 Å². The van der Waals surface area contributed by atoms with Crippen molar-refractivity contribution in [1.82, 2.24) is 4.98 Å². The second kappa shape index (κ2) is 6.26. The van der Waals surface area contributed by atoms with Gasteiger partial charge in [0.05, 0.1) is 12.1 Å². The second-order valence-electron chi connectivity index (χ2n) is 4.89. The van der Waals surface area contributed by atoms with Crippen LogP contribution in [-0.4, -0.2) is 20.0 Å². The fourth-order valence-electron chi connectivity index (χ4n) is 2.29. The lowest BCUT2D eigenvalue weighted by Gasteiger charge is -2.10. The minimum absolute atomic E-state index is 0.157. The minimum Gasteiger partial charge on any atom is -0.494 e. The number of hydrogen-bond acceptors (Lipinski definition) is 4. The highest BCUT2D eigenvalue weighted by Gasteiger charge is 2.18. The van der Waals surface area contributed by atoms with Gasteiger partial charge in [0.25, 0.3) is 10.0 Å². The molecule has 6 heteroatoms. The Balaban J connectivity index is 1.94. The molecule has 3 aromatic rings. The molecule has 23 heavy (non-hydrogen) atoms. The van der Waals surface area contributed by atoms with E-state index in [0.29, 0.717) is 23.6 Å². The van der Waals surface area contributed by atoms with Crippen LogP contribution in [0.1, 0.15) is 6.92 Å². The average molecular weight is 328 g/mol. The van der Waals surface area contributed by atoms with Gasteiger partial charge < -0.3 is 4.74 Å². The molecule has 0 aliphatic carbocycles. The molecule has 0 amide bonds. The third kappa shape index (κ3) is 3.27. The van der Waals surface area contributed by atoms with Crippen molar-refractivity contribution in [2.24, 2.45) is 0 Å². The van der Waals surface area contributed by atoms with Crippen LogP contribution in [0.3, 0.4) is 0 Å². The quantitative estimate of drug-likeness (QED) is 0.779. The summed E-state index contributed by atoms with van der Waals surface area (Å²) >= 11 is 0. The number of rotatable bonds is 5. The molecule has 118 valence electrons. The number of nitrogens with zero attached hydrogens (tertiary/aromatic N) is 1. The van der Waals surface area contributed by atoms with Crippen molar-refractivity contribution in [3.8, 4) is 5.75 Å². The first-order valence-electron chi connectivity index (χ1n) is 7.19. The Morgan fingerprint density at radius 3 is 2.52 bits per heavy atom. The first-order chi connectivity index (χ1) is 11.1. The summed E-state index contributed by atoms with van der Waals surface area (Å²) in [5.74, 6) is 0.697. The number of fused-ring (bicyclic) bond motifs is 1. The Bertz CT molecular complexity index is 917. The number of para-hydroxylation sites is 1. The van der Waals surface area contributed by atoms with E-state index < -0.39 is 10.0 Å². The normalized spacial score (nSPS) is 11.3. The zero-order chi connectivity index (χ0) is 16.3. The predicted octanol–water partition coefficient (Wildman–Crippen LogP) is 3.43. The van der Waals surface area contributed by atoms with Crippen molar-refractivity contribution in [3.63, 3.8) is 0 Å². The summed E-state index contributed by atoms with van der Waals surface area (Å²) in [5.41, 5.74) is 0.926. The van der Waals surface area contributed by atoms with Crippen LogP contribution in [0.5, 0.6) is 5.75 Å². The van der Waals surface area contributed by atoms with E-state index in [2.05, 4.69) is 9.71 Å². The molecule has 3 rings (SSSR count).